The molecular weight excluding hydrogens is 386 g/mol. The summed E-state index contributed by atoms with van der Waals surface area (Å²) in [7, 11) is 2.70. The lowest BCUT2D eigenvalue weighted by Crippen LogP contribution is -2.32. The minimum Gasteiger partial charge on any atom is -0.497 e. The summed E-state index contributed by atoms with van der Waals surface area (Å²) in [5, 5.41) is 10.6. The Hall–Kier alpha value is -3.07. The Labute approximate surface area is 165 Å². The second kappa shape index (κ2) is 9.75. The predicted octanol–water partition coefficient (Wildman–Crippen LogP) is 3.54. The van der Waals surface area contributed by atoms with Gasteiger partial charge in [-0.05, 0) is 23.8 Å². The third-order valence-electron chi connectivity index (χ3n) is 3.76. The van der Waals surface area contributed by atoms with Gasteiger partial charge < -0.3 is 14.2 Å². The first-order valence-electron chi connectivity index (χ1n) is 8.16. The van der Waals surface area contributed by atoms with Gasteiger partial charge in [0.15, 0.2) is 0 Å². The van der Waals surface area contributed by atoms with Crippen LogP contribution in [0.2, 0.25) is 0 Å². The van der Waals surface area contributed by atoms with Gasteiger partial charge in [-0.3, -0.25) is 14.9 Å². The average molecular weight is 405 g/mol. The molecule has 0 aromatic heterocycles. The van der Waals surface area contributed by atoms with Gasteiger partial charge in [0, 0.05) is 13.0 Å². The lowest BCUT2D eigenvalue weighted by atomic mass is 10.1. The molecule has 8 nitrogen and oxygen atoms in total. The molecule has 2 atom stereocenters. The molecule has 0 N–H and O–H groups in total. The summed E-state index contributed by atoms with van der Waals surface area (Å²) in [6.07, 6.45) is -1.29. The van der Waals surface area contributed by atoms with Crippen LogP contribution in [0.4, 0.5) is 5.69 Å². The molecule has 0 radical (unpaired) electrons. The largest absolute Gasteiger partial charge is 0.497 e. The Morgan fingerprint density at radius 3 is 2.25 bits per heavy atom. The molecule has 2 rings (SSSR count). The fourth-order valence-corrected chi connectivity index (χ4v) is 3.75. The van der Waals surface area contributed by atoms with Crippen LogP contribution < -0.4 is 4.74 Å². The number of para-hydroxylation sites is 1. The number of hydrogen-bond donors (Lipinski definition) is 0. The number of nitro benzene ring substituents is 1. The smallest absolute Gasteiger partial charge is 0.348 e. The van der Waals surface area contributed by atoms with E-state index in [1.54, 1.807) is 42.5 Å². The van der Waals surface area contributed by atoms with E-state index in [9.17, 15) is 19.7 Å². The van der Waals surface area contributed by atoms with Gasteiger partial charge in [-0.15, -0.1) is 11.8 Å². The average Bonchev–Trinajstić information content (AvgIpc) is 2.70. The molecule has 0 aliphatic heterocycles. The second-order valence-corrected chi connectivity index (χ2v) is 6.77. The lowest BCUT2D eigenvalue weighted by Gasteiger charge is -2.25. The van der Waals surface area contributed by atoms with Crippen molar-refractivity contribution in [2.45, 2.75) is 23.2 Å². The highest BCUT2D eigenvalue weighted by molar-refractivity contribution is 7.99. The van der Waals surface area contributed by atoms with Crippen LogP contribution in [0.15, 0.2) is 53.4 Å². The number of rotatable bonds is 8. The van der Waals surface area contributed by atoms with Gasteiger partial charge in [-0.2, -0.15) is 0 Å². The Balaban J connectivity index is 2.52. The Kier molecular flexibility index (Phi) is 7.39. The van der Waals surface area contributed by atoms with E-state index in [0.29, 0.717) is 16.2 Å². The number of hydrogen-bond acceptors (Lipinski definition) is 8. The first-order valence-corrected chi connectivity index (χ1v) is 9.04. The van der Waals surface area contributed by atoms with Crippen molar-refractivity contribution in [1.82, 2.24) is 0 Å². The SMILES string of the molecule is COC(=O)[C@@H](OC(C)=O)[C@H](Sc1ccccc1[N+](=O)[O-])c1ccc(OC)cc1. The first-order chi connectivity index (χ1) is 13.4. The zero-order chi connectivity index (χ0) is 20.7. The van der Waals surface area contributed by atoms with Crippen LogP contribution in [0.25, 0.3) is 0 Å². The topological polar surface area (TPSA) is 105 Å². The molecule has 0 aliphatic rings. The van der Waals surface area contributed by atoms with Crippen molar-refractivity contribution in [3.63, 3.8) is 0 Å². The molecule has 2 aromatic rings. The number of thioether (sulfide) groups is 1. The molecule has 0 spiro atoms. The summed E-state index contributed by atoms with van der Waals surface area (Å²) in [5.41, 5.74) is 0.498. The minimum absolute atomic E-state index is 0.113. The van der Waals surface area contributed by atoms with Crippen LogP contribution in [0.1, 0.15) is 17.7 Å². The Morgan fingerprint density at radius 2 is 1.71 bits per heavy atom. The summed E-state index contributed by atoms with van der Waals surface area (Å²) in [4.78, 5) is 35.1. The Morgan fingerprint density at radius 1 is 1.07 bits per heavy atom. The van der Waals surface area contributed by atoms with E-state index in [0.717, 1.165) is 11.8 Å². The minimum atomic E-state index is -1.29. The zero-order valence-corrected chi connectivity index (χ0v) is 16.3. The highest BCUT2D eigenvalue weighted by atomic mass is 32.2. The molecule has 0 saturated heterocycles. The molecule has 2 aromatic carbocycles. The fraction of sp³-hybridized carbons (Fsp3) is 0.263. The number of esters is 2. The molecule has 0 heterocycles. The second-order valence-electron chi connectivity index (χ2n) is 5.59. The molecule has 0 bridgehead atoms. The number of nitro groups is 1. The lowest BCUT2D eigenvalue weighted by molar-refractivity contribution is -0.387. The molecule has 0 unspecified atom stereocenters. The maximum atomic E-state index is 12.3. The number of benzene rings is 2. The first kappa shape index (κ1) is 21.2. The van der Waals surface area contributed by atoms with Gasteiger partial charge in [-0.1, -0.05) is 24.3 Å². The third kappa shape index (κ3) is 5.23. The molecule has 0 aliphatic carbocycles. The van der Waals surface area contributed by atoms with E-state index in [1.807, 2.05) is 0 Å². The standard InChI is InChI=1S/C19H19NO7S/c1-12(21)27-17(19(22)26-3)18(13-8-10-14(25-2)11-9-13)28-16-7-5-4-6-15(16)20(23)24/h4-11,17-18H,1-3H3/t17-,18+/m0/s1. The fourth-order valence-electron chi connectivity index (χ4n) is 2.47. The predicted molar refractivity (Wildman–Crippen MR) is 102 cm³/mol. The van der Waals surface area contributed by atoms with Crippen molar-refractivity contribution in [2.75, 3.05) is 14.2 Å². The van der Waals surface area contributed by atoms with E-state index in [1.165, 1.54) is 27.2 Å². The van der Waals surface area contributed by atoms with Crippen molar-refractivity contribution >= 4 is 29.4 Å². The van der Waals surface area contributed by atoms with Gasteiger partial charge in [0.2, 0.25) is 6.10 Å². The number of carbonyl (C=O) groups is 2. The van der Waals surface area contributed by atoms with E-state index in [2.05, 4.69) is 0 Å². The van der Waals surface area contributed by atoms with E-state index in [-0.39, 0.29) is 5.69 Å². The van der Waals surface area contributed by atoms with E-state index >= 15 is 0 Å². The van der Waals surface area contributed by atoms with Crippen molar-refractivity contribution < 1.29 is 28.7 Å². The van der Waals surface area contributed by atoms with Crippen molar-refractivity contribution in [3.8, 4) is 5.75 Å². The molecular formula is C19H19NO7S. The normalized spacial score (nSPS) is 12.5. The summed E-state index contributed by atoms with van der Waals surface area (Å²) in [5.74, 6) is -0.834. The van der Waals surface area contributed by atoms with Crippen LogP contribution >= 0.6 is 11.8 Å². The number of ether oxygens (including phenoxy) is 3. The molecule has 0 fully saturated rings. The number of nitrogens with zero attached hydrogens (tertiary/aromatic N) is 1. The van der Waals surface area contributed by atoms with Gasteiger partial charge >= 0.3 is 11.9 Å². The maximum Gasteiger partial charge on any atom is 0.348 e. The summed E-state index contributed by atoms with van der Waals surface area (Å²) >= 11 is 1.04. The summed E-state index contributed by atoms with van der Waals surface area (Å²) in [6.45, 7) is 1.18. The highest BCUT2D eigenvalue weighted by Gasteiger charge is 2.35. The summed E-state index contributed by atoms with van der Waals surface area (Å²) < 4.78 is 15.1. The maximum absolute atomic E-state index is 12.3. The molecule has 28 heavy (non-hydrogen) atoms. The van der Waals surface area contributed by atoms with Gasteiger partial charge in [-0.25, -0.2) is 4.79 Å². The van der Waals surface area contributed by atoms with Crippen LogP contribution in [-0.4, -0.2) is 37.2 Å². The van der Waals surface area contributed by atoms with Crippen LogP contribution in [-0.2, 0) is 19.1 Å². The zero-order valence-electron chi connectivity index (χ0n) is 15.5. The van der Waals surface area contributed by atoms with Crippen LogP contribution in [0.3, 0.4) is 0 Å². The quantitative estimate of drug-likeness (QED) is 0.284. The van der Waals surface area contributed by atoms with Gasteiger partial charge in [0.25, 0.3) is 5.69 Å². The molecule has 9 heteroatoms. The van der Waals surface area contributed by atoms with Gasteiger partial charge in [0.1, 0.15) is 5.75 Å². The van der Waals surface area contributed by atoms with Gasteiger partial charge in [0.05, 0.1) is 29.3 Å². The van der Waals surface area contributed by atoms with Crippen molar-refractivity contribution in [3.05, 3.63) is 64.2 Å². The third-order valence-corrected chi connectivity index (χ3v) is 5.13. The monoisotopic (exact) mass is 405 g/mol. The highest BCUT2D eigenvalue weighted by Crippen LogP contribution is 2.43. The van der Waals surface area contributed by atoms with E-state index < -0.39 is 28.2 Å². The Bertz CT molecular complexity index is 854. The molecule has 0 amide bonds. The van der Waals surface area contributed by atoms with Crippen LogP contribution in [0.5, 0.6) is 5.75 Å². The van der Waals surface area contributed by atoms with Crippen molar-refractivity contribution in [1.29, 1.82) is 0 Å². The summed E-state index contributed by atoms with van der Waals surface area (Å²) in [6, 6.07) is 12.9. The number of carbonyl (C=O) groups excluding carboxylic acids is 2. The number of methoxy groups -OCH3 is 2. The van der Waals surface area contributed by atoms with Crippen molar-refractivity contribution in [2.24, 2.45) is 0 Å². The molecule has 0 saturated carbocycles. The van der Waals surface area contributed by atoms with E-state index in [4.69, 9.17) is 14.2 Å². The molecule has 148 valence electrons. The van der Waals surface area contributed by atoms with Crippen LogP contribution in [0, 0.1) is 10.1 Å².